The van der Waals surface area contributed by atoms with E-state index in [0.717, 1.165) is 31.8 Å². The Labute approximate surface area is 190 Å². The lowest BCUT2D eigenvalue weighted by Gasteiger charge is -2.19. The number of rotatable bonds is 10. The Morgan fingerprint density at radius 1 is 1.12 bits per heavy atom. The number of carbonyl (C=O) groups excluding carboxylic acids is 1. The molecule has 0 spiro atoms. The average molecular weight is 471 g/mol. The second kappa shape index (κ2) is 11.8. The lowest BCUT2D eigenvalue weighted by molar-refractivity contribution is -0.137. The molecule has 0 radical (unpaired) electrons. The van der Waals surface area contributed by atoms with Gasteiger partial charge in [-0.1, -0.05) is 31.5 Å². The van der Waals surface area contributed by atoms with Crippen molar-refractivity contribution in [3.63, 3.8) is 0 Å². The molecule has 0 unspecified atom stereocenters. The summed E-state index contributed by atoms with van der Waals surface area (Å²) < 4.78 is 49.3. The molecular weight excluding hydrogens is 445 g/mol. The third kappa shape index (κ3) is 7.46. The Morgan fingerprint density at radius 2 is 1.84 bits per heavy atom. The van der Waals surface area contributed by atoms with E-state index in [0.29, 0.717) is 29.4 Å². The van der Waals surface area contributed by atoms with Crippen molar-refractivity contribution in [3.05, 3.63) is 58.6 Å². The van der Waals surface area contributed by atoms with Gasteiger partial charge in [0.2, 0.25) is 5.91 Å². The maximum Gasteiger partial charge on any atom is 0.416 e. The molecule has 2 rings (SSSR count). The molecule has 32 heavy (non-hydrogen) atoms. The van der Waals surface area contributed by atoms with Crippen molar-refractivity contribution in [1.29, 1.82) is 0 Å². The van der Waals surface area contributed by atoms with E-state index < -0.39 is 17.6 Å². The van der Waals surface area contributed by atoms with Crippen molar-refractivity contribution in [1.82, 2.24) is 4.90 Å². The van der Waals surface area contributed by atoms with Gasteiger partial charge in [-0.25, -0.2) is 0 Å². The summed E-state index contributed by atoms with van der Waals surface area (Å²) >= 11 is 5.90. The summed E-state index contributed by atoms with van der Waals surface area (Å²) in [5, 5.41) is 2.57. The highest BCUT2D eigenvalue weighted by atomic mass is 35.5. The minimum atomic E-state index is -4.48. The van der Waals surface area contributed by atoms with Gasteiger partial charge in [-0.15, -0.1) is 0 Å². The third-order valence-electron chi connectivity index (χ3n) is 4.73. The fourth-order valence-electron chi connectivity index (χ4n) is 2.88. The van der Waals surface area contributed by atoms with Crippen LogP contribution in [-0.4, -0.2) is 44.2 Å². The number of nitrogens with one attached hydrogen (secondary N) is 1. The Kier molecular flexibility index (Phi) is 9.41. The number of halogens is 4. The van der Waals surface area contributed by atoms with Crippen LogP contribution in [0.4, 0.5) is 18.9 Å². The van der Waals surface area contributed by atoms with Crippen molar-refractivity contribution in [3.8, 4) is 11.5 Å². The van der Waals surface area contributed by atoms with Gasteiger partial charge in [0.15, 0.2) is 11.5 Å². The van der Waals surface area contributed by atoms with Gasteiger partial charge in [0.25, 0.3) is 0 Å². The highest BCUT2D eigenvalue weighted by Gasteiger charge is 2.30. The zero-order valence-electron chi connectivity index (χ0n) is 18.1. The maximum absolute atomic E-state index is 12.7. The predicted molar refractivity (Wildman–Crippen MR) is 120 cm³/mol. The van der Waals surface area contributed by atoms with Crippen LogP contribution in [0, 0.1) is 0 Å². The molecule has 174 valence electrons. The quantitative estimate of drug-likeness (QED) is 0.450. The van der Waals surface area contributed by atoms with Gasteiger partial charge in [0.05, 0.1) is 12.7 Å². The molecule has 0 aliphatic carbocycles. The Bertz CT molecular complexity index is 945. The molecule has 0 saturated heterocycles. The van der Waals surface area contributed by atoms with Gasteiger partial charge in [-0.3, -0.25) is 4.79 Å². The van der Waals surface area contributed by atoms with Gasteiger partial charge in [0, 0.05) is 29.4 Å². The number of alkyl halides is 3. The van der Waals surface area contributed by atoms with E-state index in [2.05, 4.69) is 24.1 Å². The summed E-state index contributed by atoms with van der Waals surface area (Å²) in [6.07, 6.45) is -1.95. The van der Waals surface area contributed by atoms with Crippen LogP contribution in [0.25, 0.3) is 6.08 Å². The molecule has 2 aromatic carbocycles. The molecule has 0 fully saturated rings. The summed E-state index contributed by atoms with van der Waals surface area (Å²) in [6, 6.07) is 7.95. The molecule has 9 heteroatoms. The zero-order chi connectivity index (χ0) is 23.7. The molecule has 2 aromatic rings. The minimum Gasteiger partial charge on any atom is -0.493 e. The predicted octanol–water partition coefficient (Wildman–Crippen LogP) is 5.74. The molecule has 0 atom stereocenters. The summed E-state index contributed by atoms with van der Waals surface area (Å²) in [6.45, 7) is 7.33. The highest BCUT2D eigenvalue weighted by Crippen LogP contribution is 2.33. The van der Waals surface area contributed by atoms with E-state index in [-0.39, 0.29) is 5.02 Å². The van der Waals surface area contributed by atoms with Crippen LogP contribution in [0.1, 0.15) is 25.0 Å². The minimum absolute atomic E-state index is 0.100. The first-order chi connectivity index (χ1) is 15.2. The SMILES string of the molecule is CCN(CC)CCOc1ccc(NC(=O)C=Cc2ccc(C(F)(F)F)cc2Cl)cc1OC. The number of amides is 1. The number of hydrogen-bond acceptors (Lipinski definition) is 4. The summed E-state index contributed by atoms with van der Waals surface area (Å²) in [5.41, 5.74) is -0.0777. The number of nitrogens with zero attached hydrogens (tertiary/aromatic N) is 1. The van der Waals surface area contributed by atoms with Crippen molar-refractivity contribution in [2.75, 3.05) is 38.7 Å². The standard InChI is InChI=1S/C23H26ClF3N2O3/c1-4-29(5-2)12-13-32-20-10-9-18(15-21(20)31-3)28-22(30)11-7-16-6-8-17(14-19(16)24)23(25,26)27/h6-11,14-15H,4-5,12-13H2,1-3H3,(H,28,30). The lowest BCUT2D eigenvalue weighted by atomic mass is 10.1. The second-order valence-corrected chi connectivity index (χ2v) is 7.20. The van der Waals surface area contributed by atoms with E-state index in [4.69, 9.17) is 21.1 Å². The monoisotopic (exact) mass is 470 g/mol. The van der Waals surface area contributed by atoms with Crippen molar-refractivity contribution >= 4 is 29.3 Å². The fraction of sp³-hybridized carbons (Fsp3) is 0.348. The second-order valence-electron chi connectivity index (χ2n) is 6.80. The van der Waals surface area contributed by atoms with Crippen molar-refractivity contribution in [2.45, 2.75) is 20.0 Å². The van der Waals surface area contributed by atoms with Gasteiger partial charge in [0.1, 0.15) is 6.61 Å². The van der Waals surface area contributed by atoms with Crippen molar-refractivity contribution < 1.29 is 27.4 Å². The van der Waals surface area contributed by atoms with E-state index in [1.807, 2.05) is 0 Å². The van der Waals surface area contributed by atoms with Crippen LogP contribution in [0.3, 0.4) is 0 Å². The smallest absolute Gasteiger partial charge is 0.416 e. The molecule has 0 saturated carbocycles. The molecule has 5 nitrogen and oxygen atoms in total. The van der Waals surface area contributed by atoms with Crippen LogP contribution >= 0.6 is 11.6 Å². The molecule has 1 N–H and O–H groups in total. The normalized spacial score (nSPS) is 11.8. The van der Waals surface area contributed by atoms with E-state index in [9.17, 15) is 18.0 Å². The number of ether oxygens (including phenoxy) is 2. The molecule has 0 heterocycles. The van der Waals surface area contributed by atoms with Gasteiger partial charge >= 0.3 is 6.18 Å². The number of hydrogen-bond donors (Lipinski definition) is 1. The van der Waals surface area contributed by atoms with Gasteiger partial charge < -0.3 is 19.7 Å². The van der Waals surface area contributed by atoms with Crippen molar-refractivity contribution in [2.24, 2.45) is 0 Å². The van der Waals surface area contributed by atoms with E-state index >= 15 is 0 Å². The average Bonchev–Trinajstić information content (AvgIpc) is 2.75. The number of methoxy groups -OCH3 is 1. The number of likely N-dealkylation sites (N-methyl/N-ethyl adjacent to an activating group) is 1. The lowest BCUT2D eigenvalue weighted by Crippen LogP contribution is -2.27. The first kappa shape index (κ1) is 25.5. The Morgan fingerprint density at radius 3 is 2.44 bits per heavy atom. The van der Waals surface area contributed by atoms with E-state index in [1.165, 1.54) is 25.3 Å². The zero-order valence-corrected chi connectivity index (χ0v) is 18.9. The van der Waals surface area contributed by atoms with Crippen LogP contribution < -0.4 is 14.8 Å². The largest absolute Gasteiger partial charge is 0.493 e. The molecule has 0 aliphatic heterocycles. The maximum atomic E-state index is 12.7. The summed E-state index contributed by atoms with van der Waals surface area (Å²) in [4.78, 5) is 14.5. The first-order valence-corrected chi connectivity index (χ1v) is 10.4. The number of carbonyl (C=O) groups is 1. The molecule has 0 bridgehead atoms. The summed E-state index contributed by atoms with van der Waals surface area (Å²) in [5.74, 6) is 0.556. The van der Waals surface area contributed by atoms with Crippen LogP contribution in [0.15, 0.2) is 42.5 Å². The molecular formula is C23H26ClF3N2O3. The number of anilines is 1. The Balaban J connectivity index is 2.01. The topological polar surface area (TPSA) is 50.8 Å². The van der Waals surface area contributed by atoms with E-state index in [1.54, 1.807) is 18.2 Å². The highest BCUT2D eigenvalue weighted by molar-refractivity contribution is 6.32. The van der Waals surface area contributed by atoms with Gasteiger partial charge in [-0.05, 0) is 49.0 Å². The third-order valence-corrected chi connectivity index (χ3v) is 5.06. The fourth-order valence-corrected chi connectivity index (χ4v) is 3.12. The molecule has 0 aromatic heterocycles. The Hall–Kier alpha value is -2.71. The van der Waals surface area contributed by atoms with Gasteiger partial charge in [-0.2, -0.15) is 13.2 Å². The van der Waals surface area contributed by atoms with Crippen LogP contribution in [-0.2, 0) is 11.0 Å². The number of benzene rings is 2. The summed E-state index contributed by atoms with van der Waals surface area (Å²) in [7, 11) is 1.50. The van der Waals surface area contributed by atoms with Crippen LogP contribution in [0.2, 0.25) is 5.02 Å². The molecule has 0 aliphatic rings. The first-order valence-electron chi connectivity index (χ1n) is 10.1. The molecule has 1 amide bonds. The van der Waals surface area contributed by atoms with Crippen LogP contribution in [0.5, 0.6) is 11.5 Å².